The molecule has 1 N–H and O–H groups in total. The van der Waals surface area contributed by atoms with Gasteiger partial charge in [-0.1, -0.05) is 6.07 Å². The van der Waals surface area contributed by atoms with E-state index in [1.54, 1.807) is 17.1 Å². The zero-order chi connectivity index (χ0) is 12.1. The third kappa shape index (κ3) is 2.57. The Morgan fingerprint density at radius 3 is 3.00 bits per heavy atom. The smallest absolute Gasteiger partial charge is 0.153 e. The molecule has 0 saturated heterocycles. The summed E-state index contributed by atoms with van der Waals surface area (Å²) in [7, 11) is 1.87. The molecule has 0 bridgehead atoms. The number of aromatic nitrogens is 3. The standard InChI is InChI=1S/C12H14N4O/c1-13-7-5-11-10(9-17)8-16(15-11)12-4-2-3-6-14-12/h2-4,6,8-9,13H,5,7H2,1H3. The average molecular weight is 230 g/mol. The van der Waals surface area contributed by atoms with Gasteiger partial charge < -0.3 is 5.32 Å². The first-order valence-corrected chi connectivity index (χ1v) is 5.45. The first-order chi connectivity index (χ1) is 8.35. The fourth-order valence-corrected chi connectivity index (χ4v) is 1.57. The molecule has 2 aromatic heterocycles. The third-order valence-electron chi connectivity index (χ3n) is 2.45. The van der Waals surface area contributed by atoms with Crippen molar-refractivity contribution in [3.05, 3.63) is 41.9 Å². The number of nitrogens with one attached hydrogen (secondary N) is 1. The molecule has 5 nitrogen and oxygen atoms in total. The van der Waals surface area contributed by atoms with E-state index in [0.29, 0.717) is 11.4 Å². The van der Waals surface area contributed by atoms with Crippen LogP contribution < -0.4 is 5.32 Å². The lowest BCUT2D eigenvalue weighted by atomic mass is 10.2. The molecule has 0 aliphatic carbocycles. The molecule has 0 aromatic carbocycles. The minimum absolute atomic E-state index is 0.617. The van der Waals surface area contributed by atoms with Crippen molar-refractivity contribution in [3.63, 3.8) is 0 Å². The molecule has 2 heterocycles. The van der Waals surface area contributed by atoms with Gasteiger partial charge in [0.15, 0.2) is 12.1 Å². The maximum atomic E-state index is 10.9. The van der Waals surface area contributed by atoms with Gasteiger partial charge in [0.1, 0.15) is 0 Å². The van der Waals surface area contributed by atoms with Crippen molar-refractivity contribution >= 4 is 6.29 Å². The van der Waals surface area contributed by atoms with Crippen molar-refractivity contribution in [3.8, 4) is 5.82 Å². The Morgan fingerprint density at radius 1 is 1.47 bits per heavy atom. The second-order valence-electron chi connectivity index (χ2n) is 3.64. The maximum Gasteiger partial charge on any atom is 0.153 e. The van der Waals surface area contributed by atoms with Crippen LogP contribution in [0.25, 0.3) is 5.82 Å². The molecule has 0 radical (unpaired) electrons. The summed E-state index contributed by atoms with van der Waals surface area (Å²) in [6.07, 6.45) is 4.97. The summed E-state index contributed by atoms with van der Waals surface area (Å²) in [6.45, 7) is 0.792. The van der Waals surface area contributed by atoms with Crippen molar-refractivity contribution in [1.29, 1.82) is 0 Å². The van der Waals surface area contributed by atoms with Crippen LogP contribution in [0.1, 0.15) is 16.1 Å². The number of aldehydes is 1. The van der Waals surface area contributed by atoms with Gasteiger partial charge in [0, 0.05) is 25.4 Å². The van der Waals surface area contributed by atoms with Crippen LogP contribution in [0.2, 0.25) is 0 Å². The zero-order valence-electron chi connectivity index (χ0n) is 9.63. The van der Waals surface area contributed by atoms with Gasteiger partial charge in [0.25, 0.3) is 0 Å². The fourth-order valence-electron chi connectivity index (χ4n) is 1.57. The van der Waals surface area contributed by atoms with Gasteiger partial charge in [-0.2, -0.15) is 5.10 Å². The van der Waals surface area contributed by atoms with E-state index in [0.717, 1.165) is 24.9 Å². The highest BCUT2D eigenvalue weighted by Gasteiger charge is 2.09. The molecular formula is C12H14N4O. The monoisotopic (exact) mass is 230 g/mol. The number of nitrogens with zero attached hydrogens (tertiary/aromatic N) is 3. The van der Waals surface area contributed by atoms with E-state index in [1.165, 1.54) is 0 Å². The van der Waals surface area contributed by atoms with Gasteiger partial charge in [-0.25, -0.2) is 9.67 Å². The molecule has 0 atom stereocenters. The molecule has 2 rings (SSSR count). The van der Waals surface area contributed by atoms with Gasteiger partial charge in [-0.15, -0.1) is 0 Å². The van der Waals surface area contributed by atoms with E-state index in [9.17, 15) is 4.79 Å². The Hall–Kier alpha value is -2.01. The summed E-state index contributed by atoms with van der Waals surface area (Å²) < 4.78 is 1.63. The zero-order valence-corrected chi connectivity index (χ0v) is 9.63. The van der Waals surface area contributed by atoms with Crippen LogP contribution >= 0.6 is 0 Å². The molecule has 5 heteroatoms. The van der Waals surface area contributed by atoms with Crippen molar-refractivity contribution in [2.24, 2.45) is 0 Å². The molecule has 0 aliphatic rings. The van der Waals surface area contributed by atoms with Gasteiger partial charge in [0.2, 0.25) is 0 Å². The summed E-state index contributed by atoms with van der Waals surface area (Å²) in [6, 6.07) is 5.58. The van der Waals surface area contributed by atoms with E-state index in [-0.39, 0.29) is 0 Å². The third-order valence-corrected chi connectivity index (χ3v) is 2.45. The molecule has 0 amide bonds. The summed E-state index contributed by atoms with van der Waals surface area (Å²) >= 11 is 0. The number of rotatable bonds is 5. The van der Waals surface area contributed by atoms with Crippen molar-refractivity contribution < 1.29 is 4.79 Å². The second-order valence-corrected chi connectivity index (χ2v) is 3.64. The van der Waals surface area contributed by atoms with Gasteiger partial charge in [-0.05, 0) is 19.2 Å². The summed E-state index contributed by atoms with van der Waals surface area (Å²) in [5, 5.41) is 7.41. The van der Waals surface area contributed by atoms with Crippen LogP contribution in [-0.4, -0.2) is 34.6 Å². The molecule has 17 heavy (non-hydrogen) atoms. The lowest BCUT2D eigenvalue weighted by Gasteiger charge is -1.98. The highest BCUT2D eigenvalue weighted by Crippen LogP contribution is 2.09. The summed E-state index contributed by atoms with van der Waals surface area (Å²) in [5.74, 6) is 0.714. The van der Waals surface area contributed by atoms with Crippen LogP contribution in [0.15, 0.2) is 30.6 Å². The molecular weight excluding hydrogens is 216 g/mol. The fraction of sp³-hybridized carbons (Fsp3) is 0.250. The minimum atomic E-state index is 0.617. The molecule has 0 unspecified atom stereocenters. The Bertz CT molecular complexity index is 492. The highest BCUT2D eigenvalue weighted by atomic mass is 16.1. The number of hydrogen-bond donors (Lipinski definition) is 1. The van der Waals surface area contributed by atoms with Crippen molar-refractivity contribution in [2.45, 2.75) is 6.42 Å². The average Bonchev–Trinajstić information content (AvgIpc) is 2.80. The van der Waals surface area contributed by atoms with Crippen LogP contribution in [0, 0.1) is 0 Å². The highest BCUT2D eigenvalue weighted by molar-refractivity contribution is 5.76. The first-order valence-electron chi connectivity index (χ1n) is 5.45. The van der Waals surface area contributed by atoms with Crippen LogP contribution in [-0.2, 0) is 6.42 Å². The number of carbonyl (C=O) groups excluding carboxylic acids is 1. The minimum Gasteiger partial charge on any atom is -0.319 e. The molecule has 0 aliphatic heterocycles. The van der Waals surface area contributed by atoms with Crippen LogP contribution in [0.3, 0.4) is 0 Å². The molecule has 0 spiro atoms. The van der Waals surface area contributed by atoms with Crippen molar-refractivity contribution in [2.75, 3.05) is 13.6 Å². The predicted octanol–water partition coefficient (Wildman–Crippen LogP) is 0.842. The molecule has 0 fully saturated rings. The second kappa shape index (κ2) is 5.36. The number of carbonyl (C=O) groups is 1. The Kier molecular flexibility index (Phi) is 3.62. The number of likely N-dealkylation sites (N-methyl/N-ethyl adjacent to an activating group) is 1. The SMILES string of the molecule is CNCCc1nn(-c2ccccn2)cc1C=O. The molecule has 2 aromatic rings. The molecule has 88 valence electrons. The van der Waals surface area contributed by atoms with Gasteiger partial charge in [-0.3, -0.25) is 4.79 Å². The Morgan fingerprint density at radius 2 is 2.35 bits per heavy atom. The summed E-state index contributed by atoms with van der Waals surface area (Å²) in [4.78, 5) is 15.1. The largest absolute Gasteiger partial charge is 0.319 e. The van der Waals surface area contributed by atoms with Crippen LogP contribution in [0.4, 0.5) is 0 Å². The van der Waals surface area contributed by atoms with E-state index in [4.69, 9.17) is 0 Å². The van der Waals surface area contributed by atoms with Crippen molar-refractivity contribution in [1.82, 2.24) is 20.1 Å². The van der Waals surface area contributed by atoms with Gasteiger partial charge in [0.05, 0.1) is 11.3 Å². The number of hydrogen-bond acceptors (Lipinski definition) is 4. The number of pyridine rings is 1. The predicted molar refractivity (Wildman–Crippen MR) is 64.4 cm³/mol. The van der Waals surface area contributed by atoms with Crippen LogP contribution in [0.5, 0.6) is 0 Å². The van der Waals surface area contributed by atoms with E-state index < -0.39 is 0 Å². The first kappa shape index (κ1) is 11.5. The summed E-state index contributed by atoms with van der Waals surface area (Å²) in [5.41, 5.74) is 1.41. The lowest BCUT2D eigenvalue weighted by molar-refractivity contribution is 0.112. The Balaban J connectivity index is 2.31. The normalized spacial score (nSPS) is 10.4. The Labute approximate surface area is 99.5 Å². The van der Waals surface area contributed by atoms with E-state index in [2.05, 4.69) is 15.4 Å². The van der Waals surface area contributed by atoms with E-state index in [1.807, 2.05) is 25.2 Å². The lowest BCUT2D eigenvalue weighted by Crippen LogP contribution is -2.11. The van der Waals surface area contributed by atoms with Gasteiger partial charge >= 0.3 is 0 Å². The van der Waals surface area contributed by atoms with E-state index >= 15 is 0 Å². The quantitative estimate of drug-likeness (QED) is 0.773. The maximum absolute atomic E-state index is 10.9. The topological polar surface area (TPSA) is 59.8 Å². The molecule has 0 saturated carbocycles.